The topological polar surface area (TPSA) is 16.1 Å². The molecule has 1 aromatic heterocycles. The van der Waals surface area contributed by atoms with Gasteiger partial charge in [0.05, 0.1) is 17.1 Å². The zero-order valence-corrected chi connectivity index (χ0v) is 19.4. The van der Waals surface area contributed by atoms with Gasteiger partial charge in [0.25, 0.3) is 0 Å². The van der Waals surface area contributed by atoms with Gasteiger partial charge in [0.1, 0.15) is 0 Å². The van der Waals surface area contributed by atoms with Gasteiger partial charge in [-0.15, -0.1) is 0 Å². The standard InChI is InChI=1S/C32H26N2/c1-32(2)27-15-9-10-16-30(27)34(26-13-7-4-8-14-26)31-20-18-24(21-28(31)32)29-19-17-25(22-33-29)23-11-5-3-6-12-23/h3-22H,1-2H3. The summed E-state index contributed by atoms with van der Waals surface area (Å²) in [5, 5.41) is 0. The maximum atomic E-state index is 4.83. The van der Waals surface area contributed by atoms with Crippen LogP contribution < -0.4 is 4.90 Å². The molecule has 6 rings (SSSR count). The fourth-order valence-corrected chi connectivity index (χ4v) is 5.08. The van der Waals surface area contributed by atoms with Crippen LogP contribution in [0.25, 0.3) is 22.4 Å². The van der Waals surface area contributed by atoms with Gasteiger partial charge in [-0.25, -0.2) is 0 Å². The fraction of sp³-hybridized carbons (Fsp3) is 0.0938. The van der Waals surface area contributed by atoms with E-state index in [2.05, 4.69) is 128 Å². The van der Waals surface area contributed by atoms with Crippen LogP contribution >= 0.6 is 0 Å². The number of para-hydroxylation sites is 2. The summed E-state index contributed by atoms with van der Waals surface area (Å²) in [6.45, 7) is 4.64. The van der Waals surface area contributed by atoms with Crippen LogP contribution in [-0.2, 0) is 5.41 Å². The highest BCUT2D eigenvalue weighted by atomic mass is 15.2. The van der Waals surface area contributed by atoms with Crippen LogP contribution in [0.3, 0.4) is 0 Å². The van der Waals surface area contributed by atoms with Crippen molar-refractivity contribution in [2.75, 3.05) is 4.90 Å². The molecule has 5 aromatic rings. The van der Waals surface area contributed by atoms with E-state index >= 15 is 0 Å². The molecule has 0 atom stereocenters. The van der Waals surface area contributed by atoms with Crippen LogP contribution in [0.2, 0.25) is 0 Å². The number of anilines is 3. The highest BCUT2D eigenvalue weighted by Gasteiger charge is 2.36. The summed E-state index contributed by atoms with van der Waals surface area (Å²) < 4.78 is 0. The minimum absolute atomic E-state index is 0.128. The summed E-state index contributed by atoms with van der Waals surface area (Å²) in [6.07, 6.45) is 1.97. The summed E-state index contributed by atoms with van der Waals surface area (Å²) in [6, 6.07) is 40.8. The fourth-order valence-electron chi connectivity index (χ4n) is 5.08. The molecular formula is C32H26N2. The first-order chi connectivity index (χ1) is 16.6. The van der Waals surface area contributed by atoms with E-state index in [1.165, 1.54) is 33.8 Å². The minimum atomic E-state index is -0.128. The van der Waals surface area contributed by atoms with Crippen LogP contribution in [-0.4, -0.2) is 4.98 Å². The molecule has 2 heterocycles. The molecule has 0 saturated heterocycles. The zero-order valence-electron chi connectivity index (χ0n) is 19.4. The molecule has 0 spiro atoms. The molecule has 4 aromatic carbocycles. The van der Waals surface area contributed by atoms with E-state index in [0.29, 0.717) is 0 Å². The first-order valence-electron chi connectivity index (χ1n) is 11.7. The van der Waals surface area contributed by atoms with Crippen LogP contribution in [0.5, 0.6) is 0 Å². The molecule has 34 heavy (non-hydrogen) atoms. The maximum absolute atomic E-state index is 4.83. The normalized spacial score (nSPS) is 13.8. The van der Waals surface area contributed by atoms with Crippen molar-refractivity contribution >= 4 is 17.1 Å². The molecule has 0 bridgehead atoms. The van der Waals surface area contributed by atoms with Crippen molar-refractivity contribution in [1.82, 2.24) is 4.98 Å². The number of fused-ring (bicyclic) bond motifs is 2. The summed E-state index contributed by atoms with van der Waals surface area (Å²) >= 11 is 0. The maximum Gasteiger partial charge on any atom is 0.0702 e. The second-order valence-electron chi connectivity index (χ2n) is 9.34. The van der Waals surface area contributed by atoms with Crippen LogP contribution in [0.4, 0.5) is 17.1 Å². The first kappa shape index (κ1) is 20.4. The molecule has 1 aliphatic heterocycles. The van der Waals surface area contributed by atoms with E-state index in [1.807, 2.05) is 12.3 Å². The van der Waals surface area contributed by atoms with Crippen LogP contribution in [0, 0.1) is 0 Å². The lowest BCUT2D eigenvalue weighted by molar-refractivity contribution is 0.632. The van der Waals surface area contributed by atoms with E-state index < -0.39 is 0 Å². The predicted octanol–water partition coefficient (Wildman–Crippen LogP) is 8.52. The number of hydrogen-bond donors (Lipinski definition) is 0. The van der Waals surface area contributed by atoms with Crippen molar-refractivity contribution < 1.29 is 0 Å². The Labute approximate surface area is 201 Å². The second kappa shape index (κ2) is 8.00. The lowest BCUT2D eigenvalue weighted by atomic mass is 9.73. The van der Waals surface area contributed by atoms with Gasteiger partial charge in [-0.05, 0) is 53.1 Å². The molecule has 0 aliphatic carbocycles. The Morgan fingerprint density at radius 1 is 0.559 bits per heavy atom. The molecule has 2 nitrogen and oxygen atoms in total. The highest BCUT2D eigenvalue weighted by molar-refractivity contribution is 5.87. The monoisotopic (exact) mass is 438 g/mol. The Hall–Kier alpha value is -4.17. The Balaban J connectivity index is 1.47. The van der Waals surface area contributed by atoms with E-state index in [1.54, 1.807) is 0 Å². The first-order valence-corrected chi connectivity index (χ1v) is 11.7. The average Bonchev–Trinajstić information content (AvgIpc) is 2.90. The van der Waals surface area contributed by atoms with Gasteiger partial charge < -0.3 is 4.90 Å². The van der Waals surface area contributed by atoms with E-state index in [-0.39, 0.29) is 5.41 Å². The van der Waals surface area contributed by atoms with Crippen LogP contribution in [0.15, 0.2) is 121 Å². The van der Waals surface area contributed by atoms with Gasteiger partial charge in [-0.1, -0.05) is 92.7 Å². The Bertz CT molecular complexity index is 1450. The van der Waals surface area contributed by atoms with Crippen molar-refractivity contribution in [2.45, 2.75) is 19.3 Å². The quantitative estimate of drug-likeness (QED) is 0.281. The van der Waals surface area contributed by atoms with Gasteiger partial charge in [0, 0.05) is 28.4 Å². The zero-order chi connectivity index (χ0) is 23.1. The predicted molar refractivity (Wildman–Crippen MR) is 142 cm³/mol. The van der Waals surface area contributed by atoms with Gasteiger partial charge in [-0.2, -0.15) is 0 Å². The number of aromatic nitrogens is 1. The smallest absolute Gasteiger partial charge is 0.0702 e. The molecular weight excluding hydrogens is 412 g/mol. The molecule has 164 valence electrons. The van der Waals surface area contributed by atoms with Crippen molar-refractivity contribution in [3.63, 3.8) is 0 Å². The number of pyridine rings is 1. The highest BCUT2D eigenvalue weighted by Crippen LogP contribution is 2.52. The van der Waals surface area contributed by atoms with E-state index in [0.717, 1.165) is 16.8 Å². The molecule has 0 N–H and O–H groups in total. The average molecular weight is 439 g/mol. The van der Waals surface area contributed by atoms with Crippen LogP contribution in [0.1, 0.15) is 25.0 Å². The summed E-state index contributed by atoms with van der Waals surface area (Å²) in [4.78, 5) is 7.21. The molecule has 2 heteroatoms. The molecule has 0 unspecified atom stereocenters. The molecule has 0 saturated carbocycles. The van der Waals surface area contributed by atoms with Crippen molar-refractivity contribution in [2.24, 2.45) is 0 Å². The third-order valence-corrected chi connectivity index (χ3v) is 6.91. The number of hydrogen-bond acceptors (Lipinski definition) is 2. The Morgan fingerprint density at radius 3 is 1.94 bits per heavy atom. The molecule has 0 amide bonds. The van der Waals surface area contributed by atoms with Crippen molar-refractivity contribution in [3.05, 3.63) is 133 Å². The number of rotatable bonds is 3. The summed E-state index contributed by atoms with van der Waals surface area (Å²) in [5.41, 5.74) is 10.6. The van der Waals surface area contributed by atoms with Crippen molar-refractivity contribution in [1.29, 1.82) is 0 Å². The van der Waals surface area contributed by atoms with Gasteiger partial charge in [-0.3, -0.25) is 4.98 Å². The minimum Gasteiger partial charge on any atom is -0.310 e. The van der Waals surface area contributed by atoms with Gasteiger partial charge in [0.2, 0.25) is 0 Å². The third kappa shape index (κ3) is 3.31. The van der Waals surface area contributed by atoms with Gasteiger partial charge >= 0.3 is 0 Å². The molecule has 0 radical (unpaired) electrons. The number of nitrogens with zero attached hydrogens (tertiary/aromatic N) is 2. The van der Waals surface area contributed by atoms with E-state index in [9.17, 15) is 0 Å². The third-order valence-electron chi connectivity index (χ3n) is 6.91. The molecule has 1 aliphatic rings. The Kier molecular flexibility index (Phi) is 4.81. The molecule has 0 fully saturated rings. The SMILES string of the molecule is CC1(C)c2ccccc2N(c2ccccc2)c2ccc(-c3ccc(-c4ccccc4)cn3)cc21. The second-order valence-corrected chi connectivity index (χ2v) is 9.34. The van der Waals surface area contributed by atoms with Crippen molar-refractivity contribution in [3.8, 4) is 22.4 Å². The Morgan fingerprint density at radius 2 is 1.21 bits per heavy atom. The lowest BCUT2D eigenvalue weighted by Crippen LogP contribution is -2.30. The summed E-state index contributed by atoms with van der Waals surface area (Å²) in [7, 11) is 0. The lowest BCUT2D eigenvalue weighted by Gasteiger charge is -2.42. The van der Waals surface area contributed by atoms with E-state index in [4.69, 9.17) is 4.98 Å². The largest absolute Gasteiger partial charge is 0.310 e. The summed E-state index contributed by atoms with van der Waals surface area (Å²) in [5.74, 6) is 0. The number of benzene rings is 4. The van der Waals surface area contributed by atoms with Gasteiger partial charge in [0.15, 0.2) is 0 Å².